The van der Waals surface area contributed by atoms with Gasteiger partial charge in [-0.25, -0.2) is 4.57 Å². The Hall–Kier alpha value is -2.07. The molecule has 53 heavy (non-hydrogen) atoms. The first kappa shape index (κ1) is 50.9. The molecule has 0 fully saturated rings. The van der Waals surface area contributed by atoms with Gasteiger partial charge in [0.15, 0.2) is 6.10 Å². The Bertz CT molecular complexity index is 1030. The molecule has 0 aliphatic carbocycles. The summed E-state index contributed by atoms with van der Waals surface area (Å²) in [5.41, 5.74) is 0. The van der Waals surface area contributed by atoms with E-state index in [9.17, 15) is 24.2 Å². The van der Waals surface area contributed by atoms with Crippen LogP contribution in [0, 0.1) is 0 Å². The number of unbranched alkanes of at least 4 members (excludes halogenated alkanes) is 16. The lowest BCUT2D eigenvalue weighted by atomic mass is 10.1. The van der Waals surface area contributed by atoms with E-state index in [0.717, 1.165) is 38.5 Å². The second kappa shape index (κ2) is 38.2. The predicted molar refractivity (Wildman–Crippen MR) is 214 cm³/mol. The minimum Gasteiger partial charge on any atom is -0.462 e. The van der Waals surface area contributed by atoms with Crippen molar-refractivity contribution >= 4 is 19.8 Å². The first-order chi connectivity index (χ1) is 25.7. The van der Waals surface area contributed by atoms with Gasteiger partial charge in [0.25, 0.3) is 0 Å². The number of allylic oxidation sites excluding steroid dienone is 8. The average molecular weight is 771 g/mol. The van der Waals surface area contributed by atoms with Crippen LogP contribution in [0.1, 0.15) is 168 Å². The van der Waals surface area contributed by atoms with Crippen LogP contribution >= 0.6 is 7.82 Å². The smallest absolute Gasteiger partial charge is 0.462 e. The molecule has 0 aliphatic rings. The van der Waals surface area contributed by atoms with E-state index in [1.54, 1.807) is 0 Å². The second-order valence-electron chi connectivity index (χ2n) is 13.7. The van der Waals surface area contributed by atoms with Crippen molar-refractivity contribution in [3.05, 3.63) is 48.6 Å². The molecule has 3 N–H and O–H groups in total. The Morgan fingerprint density at radius 1 is 0.566 bits per heavy atom. The molecule has 3 atom stereocenters. The number of phosphoric ester groups is 1. The molecule has 0 saturated heterocycles. The number of carbonyl (C=O) groups excluding carboxylic acids is 2. The largest absolute Gasteiger partial charge is 0.472 e. The standard InChI is InChI=1S/C42H75O10P/c1-3-5-7-9-11-13-14-15-16-17-18-19-20-21-22-23-24-26-27-29-31-33-41(45)49-37-40(38-51-53(47,48)50-36-39(44)35-43)52-42(46)34-32-30-28-25-12-10-8-6-4-2/h16-17,19-20,22-23,26-27,39-40,43-44H,3-15,18,21,24-25,28-38H2,1-2H3,(H,47,48)/b17-16+,20-19+,23-22+,27-26+/t39-,40+/m1/s1. The molecular weight excluding hydrogens is 695 g/mol. The molecule has 1 unspecified atom stereocenters. The third-order valence-corrected chi connectivity index (χ3v) is 9.44. The van der Waals surface area contributed by atoms with Gasteiger partial charge in [0.2, 0.25) is 0 Å². The molecule has 0 radical (unpaired) electrons. The third-order valence-electron chi connectivity index (χ3n) is 8.49. The highest BCUT2D eigenvalue weighted by atomic mass is 31.2. The summed E-state index contributed by atoms with van der Waals surface area (Å²) < 4.78 is 32.5. The van der Waals surface area contributed by atoms with Gasteiger partial charge in [-0.2, -0.15) is 0 Å². The van der Waals surface area contributed by atoms with Crippen LogP contribution in [0.2, 0.25) is 0 Å². The van der Waals surface area contributed by atoms with Gasteiger partial charge in [-0.3, -0.25) is 18.6 Å². The Morgan fingerprint density at radius 2 is 1.00 bits per heavy atom. The van der Waals surface area contributed by atoms with E-state index in [2.05, 4.69) is 60.9 Å². The number of hydrogen-bond acceptors (Lipinski definition) is 9. The fraction of sp³-hybridized carbons (Fsp3) is 0.762. The predicted octanol–water partition coefficient (Wildman–Crippen LogP) is 10.6. The normalized spacial score (nSPS) is 14.4. The molecule has 0 amide bonds. The number of phosphoric acid groups is 1. The summed E-state index contributed by atoms with van der Waals surface area (Å²) in [6.07, 6.45) is 39.6. The van der Waals surface area contributed by atoms with Gasteiger partial charge < -0.3 is 24.6 Å². The maximum absolute atomic E-state index is 12.5. The van der Waals surface area contributed by atoms with Crippen LogP contribution in [-0.4, -0.2) is 65.7 Å². The summed E-state index contributed by atoms with van der Waals surface area (Å²) in [4.78, 5) is 34.8. The van der Waals surface area contributed by atoms with Crippen molar-refractivity contribution in [3.63, 3.8) is 0 Å². The first-order valence-electron chi connectivity index (χ1n) is 20.6. The maximum atomic E-state index is 12.5. The number of hydrogen-bond donors (Lipinski definition) is 3. The van der Waals surface area contributed by atoms with Crippen molar-refractivity contribution in [1.29, 1.82) is 0 Å². The zero-order valence-corrected chi connectivity index (χ0v) is 34.1. The highest BCUT2D eigenvalue weighted by Crippen LogP contribution is 2.43. The van der Waals surface area contributed by atoms with Gasteiger partial charge in [0, 0.05) is 12.8 Å². The fourth-order valence-electron chi connectivity index (χ4n) is 5.28. The van der Waals surface area contributed by atoms with Gasteiger partial charge in [-0.1, -0.05) is 152 Å². The minimum absolute atomic E-state index is 0.166. The molecule has 11 heteroatoms. The lowest BCUT2D eigenvalue weighted by molar-refractivity contribution is -0.161. The van der Waals surface area contributed by atoms with E-state index in [1.165, 1.54) is 83.5 Å². The number of carbonyl (C=O) groups is 2. The quantitative estimate of drug-likeness (QED) is 0.0240. The van der Waals surface area contributed by atoms with Crippen LogP contribution in [0.4, 0.5) is 0 Å². The molecule has 0 aromatic heterocycles. The van der Waals surface area contributed by atoms with E-state index >= 15 is 0 Å². The van der Waals surface area contributed by atoms with Gasteiger partial charge >= 0.3 is 19.8 Å². The number of ether oxygens (including phenoxy) is 2. The van der Waals surface area contributed by atoms with E-state index < -0.39 is 51.8 Å². The van der Waals surface area contributed by atoms with E-state index in [0.29, 0.717) is 19.3 Å². The van der Waals surface area contributed by atoms with E-state index in [-0.39, 0.29) is 19.4 Å². The molecule has 10 nitrogen and oxygen atoms in total. The topological polar surface area (TPSA) is 149 Å². The van der Waals surface area contributed by atoms with E-state index in [1.807, 2.05) is 6.08 Å². The van der Waals surface area contributed by atoms with Crippen molar-refractivity contribution in [2.45, 2.75) is 180 Å². The van der Waals surface area contributed by atoms with Gasteiger partial charge in [-0.05, 0) is 51.4 Å². The van der Waals surface area contributed by atoms with Crippen molar-refractivity contribution in [2.75, 3.05) is 26.4 Å². The Balaban J connectivity index is 4.34. The van der Waals surface area contributed by atoms with Crippen LogP contribution in [0.3, 0.4) is 0 Å². The Morgan fingerprint density at radius 3 is 1.53 bits per heavy atom. The number of aliphatic hydroxyl groups excluding tert-OH is 2. The number of esters is 2. The van der Waals surface area contributed by atoms with Crippen molar-refractivity contribution in [3.8, 4) is 0 Å². The number of aliphatic hydroxyl groups is 2. The first-order valence-corrected chi connectivity index (χ1v) is 22.1. The molecule has 0 aromatic carbocycles. The van der Waals surface area contributed by atoms with Crippen LogP contribution in [-0.2, 0) is 32.7 Å². The van der Waals surface area contributed by atoms with Crippen LogP contribution in [0.15, 0.2) is 48.6 Å². The highest BCUT2D eigenvalue weighted by molar-refractivity contribution is 7.47. The summed E-state index contributed by atoms with van der Waals surface area (Å²) in [5, 5.41) is 18.3. The Kier molecular flexibility index (Phi) is 36.7. The maximum Gasteiger partial charge on any atom is 0.472 e. The van der Waals surface area contributed by atoms with Crippen molar-refractivity contribution in [1.82, 2.24) is 0 Å². The van der Waals surface area contributed by atoms with Crippen LogP contribution in [0.25, 0.3) is 0 Å². The van der Waals surface area contributed by atoms with Gasteiger partial charge in [-0.15, -0.1) is 0 Å². The molecule has 308 valence electrons. The fourth-order valence-corrected chi connectivity index (χ4v) is 6.07. The summed E-state index contributed by atoms with van der Waals surface area (Å²) in [6, 6.07) is 0. The van der Waals surface area contributed by atoms with Gasteiger partial charge in [0.05, 0.1) is 19.8 Å². The second-order valence-corrected chi connectivity index (χ2v) is 15.1. The lowest BCUT2D eigenvalue weighted by Gasteiger charge is -2.20. The summed E-state index contributed by atoms with van der Waals surface area (Å²) in [6.45, 7) is 2.27. The van der Waals surface area contributed by atoms with Crippen molar-refractivity contribution in [2.24, 2.45) is 0 Å². The highest BCUT2D eigenvalue weighted by Gasteiger charge is 2.27. The molecule has 0 bridgehead atoms. The summed E-state index contributed by atoms with van der Waals surface area (Å²) in [7, 11) is -4.62. The summed E-state index contributed by atoms with van der Waals surface area (Å²) in [5.74, 6) is -0.995. The van der Waals surface area contributed by atoms with Crippen LogP contribution in [0.5, 0.6) is 0 Å². The summed E-state index contributed by atoms with van der Waals surface area (Å²) >= 11 is 0. The Labute approximate surface area is 322 Å². The third kappa shape index (κ3) is 38.0. The minimum atomic E-state index is -4.62. The molecule has 0 rings (SSSR count). The number of rotatable bonds is 38. The SMILES string of the molecule is CCCCCCCCC/C=C/C/C=C/C/C=C/C/C=C/CCCC(=O)OC[C@@H](COP(=O)(O)OC[C@H](O)CO)OC(=O)CCCCCCCCCCC. The van der Waals surface area contributed by atoms with Crippen LogP contribution < -0.4 is 0 Å². The zero-order valence-electron chi connectivity index (χ0n) is 33.2. The monoisotopic (exact) mass is 771 g/mol. The molecule has 0 aliphatic heterocycles. The molecule has 0 heterocycles. The van der Waals surface area contributed by atoms with Gasteiger partial charge in [0.1, 0.15) is 12.7 Å². The average Bonchev–Trinajstić information content (AvgIpc) is 3.14. The molecule has 0 saturated carbocycles. The zero-order chi connectivity index (χ0) is 39.1. The van der Waals surface area contributed by atoms with E-state index in [4.69, 9.17) is 19.1 Å². The lowest BCUT2D eigenvalue weighted by Crippen LogP contribution is -2.29. The molecular formula is C42H75O10P. The van der Waals surface area contributed by atoms with Crippen molar-refractivity contribution < 1.29 is 47.8 Å². The molecule has 0 aromatic rings. The molecule has 0 spiro atoms.